The summed E-state index contributed by atoms with van der Waals surface area (Å²) in [6.45, 7) is 9.52. The molecule has 6 heteroatoms. The summed E-state index contributed by atoms with van der Waals surface area (Å²) in [6.07, 6.45) is 4.28. The number of methoxy groups -OCH3 is 1. The molecule has 0 spiro atoms. The van der Waals surface area contributed by atoms with E-state index in [0.29, 0.717) is 24.7 Å². The maximum absolute atomic E-state index is 12.9. The first kappa shape index (κ1) is 20.4. The van der Waals surface area contributed by atoms with Gasteiger partial charge >= 0.3 is 6.08 Å². The number of rotatable bonds is 7. The van der Waals surface area contributed by atoms with Crippen LogP contribution >= 0.6 is 0 Å². The number of hydrogen-bond donors (Lipinski definition) is 0. The van der Waals surface area contributed by atoms with E-state index < -0.39 is 0 Å². The van der Waals surface area contributed by atoms with E-state index in [1.165, 1.54) is 0 Å². The first-order valence-electron chi connectivity index (χ1n) is 9.77. The van der Waals surface area contributed by atoms with Crippen LogP contribution in [0.2, 0.25) is 0 Å². The first-order chi connectivity index (χ1) is 13.3. The molecule has 28 heavy (non-hydrogen) atoms. The molecule has 1 aromatic heterocycles. The molecule has 1 heterocycles. The van der Waals surface area contributed by atoms with E-state index in [-0.39, 0.29) is 24.0 Å². The molecule has 1 atom stereocenters. The van der Waals surface area contributed by atoms with Crippen LogP contribution in [0.1, 0.15) is 39.2 Å². The van der Waals surface area contributed by atoms with Gasteiger partial charge in [0.25, 0.3) is 5.91 Å². The molecule has 1 aliphatic rings. The number of aryl methyl sites for hydroxylation is 1. The molecule has 1 aromatic carbocycles. The van der Waals surface area contributed by atoms with Crippen molar-refractivity contribution in [3.8, 4) is 6.08 Å². The Kier molecular flexibility index (Phi) is 6.08. The smallest absolute Gasteiger partial charge is 0.395 e. The molecule has 0 bridgehead atoms. The number of aromatic nitrogens is 1. The Morgan fingerprint density at radius 1 is 1.39 bits per heavy atom. The first-order valence-corrected chi connectivity index (χ1v) is 9.77. The normalized spacial score (nSPS) is 18.8. The minimum Gasteiger partial charge on any atom is -0.440 e. The summed E-state index contributed by atoms with van der Waals surface area (Å²) in [6, 6.07) is 5.73. The lowest BCUT2D eigenvalue weighted by molar-refractivity contribution is -0.132. The van der Waals surface area contributed by atoms with E-state index >= 15 is 0 Å². The minimum absolute atomic E-state index is 0.118. The van der Waals surface area contributed by atoms with Crippen molar-refractivity contribution in [2.75, 3.05) is 26.9 Å². The molecule has 1 amide bonds. The molecule has 1 unspecified atom stereocenters. The van der Waals surface area contributed by atoms with Crippen molar-refractivity contribution in [2.45, 2.75) is 40.5 Å². The Labute approximate surface area is 166 Å². The highest BCUT2D eigenvalue weighted by Crippen LogP contribution is 2.39. The van der Waals surface area contributed by atoms with Gasteiger partial charge in [-0.1, -0.05) is 32.9 Å². The predicted molar refractivity (Wildman–Crippen MR) is 108 cm³/mol. The summed E-state index contributed by atoms with van der Waals surface area (Å²) in [4.78, 5) is 19.0. The number of hydrogen-bond acceptors (Lipinski definition) is 5. The molecule has 0 saturated carbocycles. The average molecular weight is 386 g/mol. The van der Waals surface area contributed by atoms with Crippen molar-refractivity contribution < 1.29 is 18.7 Å². The molecule has 0 saturated heterocycles. The number of amides is 1. The van der Waals surface area contributed by atoms with E-state index in [1.807, 2.05) is 25.1 Å². The highest BCUT2D eigenvalue weighted by molar-refractivity contribution is 5.80. The number of ether oxygens (including phenoxy) is 2. The number of fused-ring (bicyclic) bond motifs is 1. The van der Waals surface area contributed by atoms with Crippen LogP contribution in [0, 0.1) is 18.3 Å². The van der Waals surface area contributed by atoms with Gasteiger partial charge in [-0.3, -0.25) is 4.79 Å². The van der Waals surface area contributed by atoms with Gasteiger partial charge in [-0.15, -0.1) is 0 Å². The van der Waals surface area contributed by atoms with E-state index in [9.17, 15) is 4.79 Å². The summed E-state index contributed by atoms with van der Waals surface area (Å²) >= 11 is 0. The third kappa shape index (κ3) is 4.93. The zero-order chi connectivity index (χ0) is 20.3. The third-order valence-electron chi connectivity index (χ3n) is 5.02. The monoisotopic (exact) mass is 386 g/mol. The Morgan fingerprint density at radius 2 is 2.18 bits per heavy atom. The quantitative estimate of drug-likeness (QED) is 0.709. The van der Waals surface area contributed by atoms with E-state index in [0.717, 1.165) is 29.6 Å². The van der Waals surface area contributed by atoms with Crippen molar-refractivity contribution in [2.24, 2.45) is 11.3 Å². The fourth-order valence-electron chi connectivity index (χ4n) is 3.96. The summed E-state index contributed by atoms with van der Waals surface area (Å²) in [7, 11) is 1.64. The van der Waals surface area contributed by atoms with E-state index in [4.69, 9.17) is 13.9 Å². The van der Waals surface area contributed by atoms with Gasteiger partial charge in [0.2, 0.25) is 0 Å². The molecular weight excluding hydrogens is 356 g/mol. The fourth-order valence-corrected chi connectivity index (χ4v) is 3.96. The lowest BCUT2D eigenvalue weighted by Gasteiger charge is -2.37. The predicted octanol–water partition coefficient (Wildman–Crippen LogP) is 4.33. The van der Waals surface area contributed by atoms with Crippen molar-refractivity contribution in [3.63, 3.8) is 0 Å². The van der Waals surface area contributed by atoms with Crippen LogP contribution < -0.4 is 4.74 Å². The maximum Gasteiger partial charge on any atom is 0.395 e. The molecular formula is C22H30N2O4. The Balaban J connectivity index is 1.72. The van der Waals surface area contributed by atoms with Crippen molar-refractivity contribution >= 4 is 17.0 Å². The number of oxazole rings is 1. The van der Waals surface area contributed by atoms with Gasteiger partial charge < -0.3 is 18.8 Å². The lowest BCUT2D eigenvalue weighted by atomic mass is 9.75. The zero-order valence-corrected chi connectivity index (χ0v) is 17.4. The number of allylic oxidation sites excluding steroid dienone is 2. The van der Waals surface area contributed by atoms with Crippen LogP contribution in [0.25, 0.3) is 11.1 Å². The van der Waals surface area contributed by atoms with Crippen LogP contribution in [0.3, 0.4) is 0 Å². The van der Waals surface area contributed by atoms with Crippen molar-refractivity contribution in [1.82, 2.24) is 9.88 Å². The topological polar surface area (TPSA) is 64.8 Å². The number of nitrogens with zero attached hydrogens (tertiary/aromatic N) is 2. The molecule has 152 valence electrons. The van der Waals surface area contributed by atoms with Crippen LogP contribution in [0.15, 0.2) is 34.4 Å². The molecule has 0 aliphatic heterocycles. The highest BCUT2D eigenvalue weighted by Gasteiger charge is 2.31. The molecule has 2 aromatic rings. The van der Waals surface area contributed by atoms with E-state index in [2.05, 4.69) is 31.8 Å². The fraction of sp³-hybridized carbons (Fsp3) is 0.545. The minimum atomic E-state index is -0.123. The van der Waals surface area contributed by atoms with E-state index in [1.54, 1.807) is 12.0 Å². The molecule has 0 N–H and O–H groups in total. The van der Waals surface area contributed by atoms with Crippen LogP contribution in [-0.4, -0.2) is 42.7 Å². The van der Waals surface area contributed by atoms with Gasteiger partial charge in [0.15, 0.2) is 12.2 Å². The average Bonchev–Trinajstić information content (AvgIpc) is 3.00. The lowest BCUT2D eigenvalue weighted by Crippen LogP contribution is -2.39. The second-order valence-corrected chi connectivity index (χ2v) is 8.46. The van der Waals surface area contributed by atoms with Gasteiger partial charge in [0, 0.05) is 19.4 Å². The second kappa shape index (κ2) is 8.35. The largest absolute Gasteiger partial charge is 0.440 e. The van der Waals surface area contributed by atoms with Gasteiger partial charge in [0.05, 0.1) is 6.61 Å². The standard InChI is InChI=1S/C22H30N2O4/c1-15-6-7-19-18(11-15)23-21(28-19)27-14-20(25)24(8-9-26-5)17-10-16(2)12-22(3,4)13-17/h6-7,10-11,16H,8-9,12-14H2,1-5H3. The highest BCUT2D eigenvalue weighted by atomic mass is 16.6. The van der Waals surface area contributed by atoms with Gasteiger partial charge in [-0.2, -0.15) is 4.98 Å². The third-order valence-corrected chi connectivity index (χ3v) is 5.02. The van der Waals surface area contributed by atoms with Crippen LogP contribution in [-0.2, 0) is 9.53 Å². The summed E-state index contributed by atoms with van der Waals surface area (Å²) in [5, 5.41) is 0. The summed E-state index contributed by atoms with van der Waals surface area (Å²) in [5.41, 5.74) is 3.67. The number of carbonyl (C=O) groups excluding carboxylic acids is 1. The molecule has 3 rings (SSSR count). The molecule has 0 radical (unpaired) electrons. The van der Waals surface area contributed by atoms with Gasteiger partial charge in [-0.25, -0.2) is 0 Å². The zero-order valence-electron chi connectivity index (χ0n) is 17.4. The SMILES string of the molecule is COCCN(C(=O)COc1nc2cc(C)ccc2o1)C1=CC(C)CC(C)(C)C1. The molecule has 1 aliphatic carbocycles. The van der Waals surface area contributed by atoms with Crippen LogP contribution in [0.5, 0.6) is 6.08 Å². The number of carbonyl (C=O) groups is 1. The summed E-state index contributed by atoms with van der Waals surface area (Å²) in [5.74, 6) is 0.310. The summed E-state index contributed by atoms with van der Waals surface area (Å²) < 4.78 is 16.4. The second-order valence-electron chi connectivity index (χ2n) is 8.46. The van der Waals surface area contributed by atoms with Crippen molar-refractivity contribution in [1.29, 1.82) is 0 Å². The van der Waals surface area contributed by atoms with Crippen LogP contribution in [0.4, 0.5) is 0 Å². The van der Waals surface area contributed by atoms with Crippen molar-refractivity contribution in [3.05, 3.63) is 35.5 Å². The Morgan fingerprint density at radius 3 is 2.89 bits per heavy atom. The molecule has 6 nitrogen and oxygen atoms in total. The Bertz CT molecular complexity index is 869. The number of benzene rings is 1. The maximum atomic E-state index is 12.9. The Hall–Kier alpha value is -2.34. The van der Waals surface area contributed by atoms with Gasteiger partial charge in [-0.05, 0) is 48.8 Å². The molecule has 0 fully saturated rings. The van der Waals surface area contributed by atoms with Gasteiger partial charge in [0.1, 0.15) is 5.52 Å².